The molecule has 0 saturated heterocycles. The maximum absolute atomic E-state index is 12.4. The highest BCUT2D eigenvalue weighted by atomic mass is 32.2. The van der Waals surface area contributed by atoms with Crippen LogP contribution < -0.4 is 10.1 Å². The summed E-state index contributed by atoms with van der Waals surface area (Å²) in [5, 5.41) is 7.50. The number of aromatic nitrogens is 4. The molecule has 1 unspecified atom stereocenters. The molecule has 7 nitrogen and oxygen atoms in total. The molecule has 0 radical (unpaired) electrons. The topological polar surface area (TPSA) is 81.4 Å². The molecule has 2 aromatic heterocycles. The van der Waals surface area contributed by atoms with Crippen LogP contribution in [0.25, 0.3) is 5.78 Å². The molecule has 3 rings (SSSR count). The Kier molecular flexibility index (Phi) is 5.41. The van der Waals surface area contributed by atoms with Gasteiger partial charge in [-0.3, -0.25) is 4.79 Å². The van der Waals surface area contributed by atoms with Gasteiger partial charge in [-0.05, 0) is 58.0 Å². The summed E-state index contributed by atoms with van der Waals surface area (Å²) in [6, 6.07) is 9.24. The normalized spacial score (nSPS) is 12.2. The lowest BCUT2D eigenvalue weighted by Gasteiger charge is -2.10. The van der Waals surface area contributed by atoms with Crippen LogP contribution >= 0.6 is 11.8 Å². The van der Waals surface area contributed by atoms with E-state index in [0.29, 0.717) is 17.5 Å². The van der Waals surface area contributed by atoms with Gasteiger partial charge in [0.15, 0.2) is 0 Å². The second kappa shape index (κ2) is 7.74. The molecule has 0 bridgehead atoms. The molecule has 0 aliphatic rings. The molecule has 26 heavy (non-hydrogen) atoms. The van der Waals surface area contributed by atoms with Crippen LogP contribution in [0, 0.1) is 13.8 Å². The Morgan fingerprint density at radius 3 is 2.69 bits per heavy atom. The van der Waals surface area contributed by atoms with Crippen LogP contribution in [-0.2, 0) is 4.79 Å². The largest absolute Gasteiger partial charge is 0.494 e. The van der Waals surface area contributed by atoms with E-state index in [-0.39, 0.29) is 11.2 Å². The first kappa shape index (κ1) is 18.2. The van der Waals surface area contributed by atoms with E-state index in [9.17, 15) is 4.79 Å². The number of benzene rings is 1. The Labute approximate surface area is 156 Å². The summed E-state index contributed by atoms with van der Waals surface area (Å²) in [5.41, 5.74) is 2.57. The minimum Gasteiger partial charge on any atom is -0.494 e. The molecule has 3 aromatic rings. The molecule has 1 N–H and O–H groups in total. The summed E-state index contributed by atoms with van der Waals surface area (Å²) in [6.45, 7) is 8.24. The number of thioether (sulfide) groups is 1. The fourth-order valence-electron chi connectivity index (χ4n) is 2.45. The quantitative estimate of drug-likeness (QED) is 0.670. The third-order valence-corrected chi connectivity index (χ3v) is 4.63. The van der Waals surface area contributed by atoms with Gasteiger partial charge in [-0.1, -0.05) is 11.8 Å². The molecule has 0 saturated carbocycles. The summed E-state index contributed by atoms with van der Waals surface area (Å²) in [4.78, 5) is 21.2. The lowest BCUT2D eigenvalue weighted by molar-refractivity contribution is -0.115. The van der Waals surface area contributed by atoms with E-state index in [2.05, 4.69) is 20.4 Å². The molecule has 1 amide bonds. The van der Waals surface area contributed by atoms with E-state index in [4.69, 9.17) is 4.74 Å². The second-order valence-electron chi connectivity index (χ2n) is 5.85. The van der Waals surface area contributed by atoms with Crippen LogP contribution in [-0.4, -0.2) is 37.3 Å². The molecule has 0 spiro atoms. The Bertz CT molecular complexity index is 923. The van der Waals surface area contributed by atoms with Crippen LogP contribution in [0.1, 0.15) is 25.2 Å². The van der Waals surface area contributed by atoms with Gasteiger partial charge in [0, 0.05) is 17.1 Å². The second-order valence-corrected chi connectivity index (χ2v) is 7.16. The minimum atomic E-state index is -0.347. The average Bonchev–Trinajstić information content (AvgIpc) is 2.99. The highest BCUT2D eigenvalue weighted by molar-refractivity contribution is 8.00. The van der Waals surface area contributed by atoms with E-state index in [0.717, 1.165) is 22.8 Å². The molecule has 1 atom stereocenters. The number of aryl methyl sites for hydroxylation is 2. The van der Waals surface area contributed by atoms with E-state index in [1.54, 1.807) is 4.52 Å². The van der Waals surface area contributed by atoms with Crippen molar-refractivity contribution in [1.82, 2.24) is 19.6 Å². The van der Waals surface area contributed by atoms with E-state index >= 15 is 0 Å². The molecule has 1 aromatic carbocycles. The zero-order chi connectivity index (χ0) is 18.7. The Morgan fingerprint density at radius 1 is 1.27 bits per heavy atom. The summed E-state index contributed by atoms with van der Waals surface area (Å²) in [5.74, 6) is 1.21. The van der Waals surface area contributed by atoms with Gasteiger partial charge in [0.25, 0.3) is 5.78 Å². The lowest BCUT2D eigenvalue weighted by Crippen LogP contribution is -2.22. The lowest BCUT2D eigenvalue weighted by atomic mass is 10.3. The van der Waals surface area contributed by atoms with Crippen LogP contribution in [0.4, 0.5) is 5.69 Å². The first-order chi connectivity index (χ1) is 12.5. The van der Waals surface area contributed by atoms with Crippen LogP contribution in [0.3, 0.4) is 0 Å². The number of anilines is 1. The predicted molar refractivity (Wildman–Crippen MR) is 102 cm³/mol. The van der Waals surface area contributed by atoms with Crippen molar-refractivity contribution < 1.29 is 9.53 Å². The summed E-state index contributed by atoms with van der Waals surface area (Å²) < 4.78 is 7.08. The number of nitrogens with zero attached hydrogens (tertiary/aromatic N) is 4. The summed E-state index contributed by atoms with van der Waals surface area (Å²) in [6.07, 6.45) is 0. The van der Waals surface area contributed by atoms with Gasteiger partial charge in [0.1, 0.15) is 5.75 Å². The third kappa shape index (κ3) is 4.13. The maximum Gasteiger partial charge on any atom is 0.253 e. The number of rotatable bonds is 6. The Morgan fingerprint density at radius 2 is 2.00 bits per heavy atom. The van der Waals surface area contributed by atoms with Gasteiger partial charge in [-0.2, -0.15) is 4.98 Å². The van der Waals surface area contributed by atoms with Crippen molar-refractivity contribution in [3.05, 3.63) is 41.7 Å². The average molecular weight is 371 g/mol. The summed E-state index contributed by atoms with van der Waals surface area (Å²) >= 11 is 1.30. The van der Waals surface area contributed by atoms with Crippen molar-refractivity contribution in [1.29, 1.82) is 0 Å². The first-order valence-electron chi connectivity index (χ1n) is 8.37. The molecule has 136 valence electrons. The van der Waals surface area contributed by atoms with Gasteiger partial charge in [-0.25, -0.2) is 9.50 Å². The SMILES string of the molecule is CCOc1ccc(NC(=O)C(C)Sc2nc3nc(C)cc(C)n3n2)cc1. The molecule has 8 heteroatoms. The van der Waals surface area contributed by atoms with Crippen molar-refractivity contribution in [2.45, 2.75) is 38.1 Å². The number of ether oxygens (including phenoxy) is 1. The van der Waals surface area contributed by atoms with Crippen molar-refractivity contribution in [2.24, 2.45) is 0 Å². The van der Waals surface area contributed by atoms with Gasteiger partial charge in [0.05, 0.1) is 11.9 Å². The van der Waals surface area contributed by atoms with E-state index in [1.807, 2.05) is 58.0 Å². The number of amides is 1. The van der Waals surface area contributed by atoms with E-state index in [1.165, 1.54) is 11.8 Å². The standard InChI is InChI=1S/C18H21N5O2S/c1-5-25-15-8-6-14(7-9-15)20-16(24)13(4)26-18-21-17-19-11(2)10-12(3)23(17)22-18/h6-10,13H,5H2,1-4H3,(H,20,24). The molecular weight excluding hydrogens is 350 g/mol. The molecule has 0 aliphatic carbocycles. The number of nitrogens with one attached hydrogen (secondary N) is 1. The fraction of sp³-hybridized carbons (Fsp3) is 0.333. The number of hydrogen-bond acceptors (Lipinski definition) is 6. The number of hydrogen-bond donors (Lipinski definition) is 1. The van der Waals surface area contributed by atoms with Gasteiger partial charge < -0.3 is 10.1 Å². The van der Waals surface area contributed by atoms with Crippen LogP contribution in [0.15, 0.2) is 35.5 Å². The zero-order valence-electron chi connectivity index (χ0n) is 15.2. The third-order valence-electron chi connectivity index (χ3n) is 3.68. The summed E-state index contributed by atoms with van der Waals surface area (Å²) in [7, 11) is 0. The monoisotopic (exact) mass is 371 g/mol. The van der Waals surface area contributed by atoms with Crippen molar-refractivity contribution in [3.63, 3.8) is 0 Å². The highest BCUT2D eigenvalue weighted by Crippen LogP contribution is 2.22. The molecule has 0 fully saturated rings. The first-order valence-corrected chi connectivity index (χ1v) is 9.25. The zero-order valence-corrected chi connectivity index (χ0v) is 16.0. The molecule has 0 aliphatic heterocycles. The van der Waals surface area contributed by atoms with Crippen molar-refractivity contribution >= 4 is 29.1 Å². The highest BCUT2D eigenvalue weighted by Gasteiger charge is 2.18. The fourth-order valence-corrected chi connectivity index (χ4v) is 3.20. The van der Waals surface area contributed by atoms with Crippen molar-refractivity contribution in [2.75, 3.05) is 11.9 Å². The van der Waals surface area contributed by atoms with E-state index < -0.39 is 0 Å². The van der Waals surface area contributed by atoms with Gasteiger partial charge in [0.2, 0.25) is 11.1 Å². The number of fused-ring (bicyclic) bond motifs is 1. The predicted octanol–water partition coefficient (Wildman–Crippen LogP) is 3.26. The Balaban J connectivity index is 1.66. The maximum atomic E-state index is 12.4. The molecular formula is C18H21N5O2S. The Hall–Kier alpha value is -2.61. The smallest absolute Gasteiger partial charge is 0.253 e. The van der Waals surface area contributed by atoms with Crippen LogP contribution in [0.2, 0.25) is 0 Å². The van der Waals surface area contributed by atoms with Crippen LogP contribution in [0.5, 0.6) is 5.75 Å². The molecule has 2 heterocycles. The minimum absolute atomic E-state index is 0.112. The van der Waals surface area contributed by atoms with Gasteiger partial charge >= 0.3 is 0 Å². The van der Waals surface area contributed by atoms with Crippen molar-refractivity contribution in [3.8, 4) is 5.75 Å². The number of carbonyl (C=O) groups is 1. The van der Waals surface area contributed by atoms with Gasteiger partial charge in [-0.15, -0.1) is 5.10 Å². The number of carbonyl (C=O) groups excluding carboxylic acids is 1.